The molecule has 0 bridgehead atoms. The van der Waals surface area contributed by atoms with Gasteiger partial charge in [-0.2, -0.15) is 18.3 Å². The van der Waals surface area contributed by atoms with Crippen molar-refractivity contribution in [2.24, 2.45) is 0 Å². The van der Waals surface area contributed by atoms with E-state index in [4.69, 9.17) is 16.3 Å². The second-order valence-corrected chi connectivity index (χ2v) is 5.94. The third-order valence-corrected chi connectivity index (χ3v) is 4.08. The second-order valence-electron chi connectivity index (χ2n) is 5.54. The summed E-state index contributed by atoms with van der Waals surface area (Å²) in [5.41, 5.74) is 0.984. The molecule has 4 aromatic rings. The molecule has 0 atom stereocenters. The number of pyridine rings is 3. The number of fused-ring (bicyclic) bond motifs is 1. The predicted octanol–water partition coefficient (Wildman–Crippen LogP) is 5.26. The van der Waals surface area contributed by atoms with Gasteiger partial charge < -0.3 is 4.74 Å². The van der Waals surface area contributed by atoms with Crippen LogP contribution in [0.2, 0.25) is 5.02 Å². The maximum Gasteiger partial charge on any atom is 0.433 e. The van der Waals surface area contributed by atoms with Crippen LogP contribution in [-0.4, -0.2) is 19.6 Å². The van der Waals surface area contributed by atoms with E-state index >= 15 is 0 Å². The van der Waals surface area contributed by atoms with E-state index in [9.17, 15) is 13.2 Å². The zero-order valence-electron chi connectivity index (χ0n) is 13.5. The van der Waals surface area contributed by atoms with E-state index in [1.54, 1.807) is 16.6 Å². The van der Waals surface area contributed by atoms with Crippen molar-refractivity contribution in [3.8, 4) is 22.9 Å². The molecule has 4 heterocycles. The number of hydrogen-bond donors (Lipinski definition) is 0. The third-order valence-electron chi connectivity index (χ3n) is 3.78. The first kappa shape index (κ1) is 17.3. The Morgan fingerprint density at radius 2 is 1.81 bits per heavy atom. The molecule has 0 amide bonds. The van der Waals surface area contributed by atoms with Gasteiger partial charge in [0.15, 0.2) is 0 Å². The third kappa shape index (κ3) is 3.31. The summed E-state index contributed by atoms with van der Waals surface area (Å²) in [6.07, 6.45) is -0.458. The molecular formula is C18H10ClF3N4O. The van der Waals surface area contributed by atoms with Crippen LogP contribution in [0.3, 0.4) is 0 Å². The van der Waals surface area contributed by atoms with E-state index in [1.807, 2.05) is 18.2 Å². The Kier molecular flexibility index (Phi) is 4.19. The highest BCUT2D eigenvalue weighted by atomic mass is 35.5. The van der Waals surface area contributed by atoms with Crippen molar-refractivity contribution in [2.75, 3.05) is 0 Å². The maximum absolute atomic E-state index is 12.6. The zero-order valence-corrected chi connectivity index (χ0v) is 14.2. The molecule has 0 aliphatic carbocycles. The summed E-state index contributed by atoms with van der Waals surface area (Å²) >= 11 is 6.12. The summed E-state index contributed by atoms with van der Waals surface area (Å²) < 4.78 is 45.2. The number of hydrogen-bond acceptors (Lipinski definition) is 4. The Labute approximate surface area is 156 Å². The monoisotopic (exact) mass is 390 g/mol. The van der Waals surface area contributed by atoms with Crippen LogP contribution in [0.5, 0.6) is 11.6 Å². The molecule has 0 unspecified atom stereocenters. The van der Waals surface area contributed by atoms with Crippen LogP contribution in [-0.2, 0) is 6.18 Å². The fourth-order valence-electron chi connectivity index (χ4n) is 2.57. The Morgan fingerprint density at radius 1 is 0.963 bits per heavy atom. The van der Waals surface area contributed by atoms with Crippen molar-refractivity contribution in [3.63, 3.8) is 0 Å². The van der Waals surface area contributed by atoms with Crippen LogP contribution in [0.4, 0.5) is 13.2 Å². The number of rotatable bonds is 3. The van der Waals surface area contributed by atoms with Gasteiger partial charge in [0, 0.05) is 6.20 Å². The number of aromatic nitrogens is 4. The zero-order chi connectivity index (χ0) is 19.0. The molecule has 0 aromatic carbocycles. The first-order valence-corrected chi connectivity index (χ1v) is 8.10. The van der Waals surface area contributed by atoms with Crippen LogP contribution in [0.15, 0.2) is 61.1 Å². The normalized spacial score (nSPS) is 11.7. The van der Waals surface area contributed by atoms with Crippen molar-refractivity contribution >= 4 is 17.1 Å². The SMILES string of the molecule is FC(F)(F)c1ccc(Oc2ncccc2-c2cccc3c(Cl)cnn23)cn1. The highest BCUT2D eigenvalue weighted by Crippen LogP contribution is 2.33. The van der Waals surface area contributed by atoms with Gasteiger partial charge in [-0.05, 0) is 36.4 Å². The molecule has 136 valence electrons. The average Bonchev–Trinajstić information content (AvgIpc) is 3.03. The minimum Gasteiger partial charge on any atom is -0.437 e. The van der Waals surface area contributed by atoms with Crippen molar-refractivity contribution < 1.29 is 17.9 Å². The highest BCUT2D eigenvalue weighted by Gasteiger charge is 2.32. The van der Waals surface area contributed by atoms with Gasteiger partial charge in [0.25, 0.3) is 0 Å². The van der Waals surface area contributed by atoms with Crippen molar-refractivity contribution in [1.82, 2.24) is 19.6 Å². The minimum absolute atomic E-state index is 0.133. The van der Waals surface area contributed by atoms with Gasteiger partial charge >= 0.3 is 6.18 Å². The van der Waals surface area contributed by atoms with Crippen molar-refractivity contribution in [2.45, 2.75) is 6.18 Å². The molecule has 5 nitrogen and oxygen atoms in total. The van der Waals surface area contributed by atoms with Crippen molar-refractivity contribution in [3.05, 3.63) is 71.8 Å². The molecule has 0 aliphatic heterocycles. The van der Waals surface area contributed by atoms with E-state index in [-0.39, 0.29) is 11.6 Å². The Balaban J connectivity index is 1.73. The molecule has 9 heteroatoms. The second kappa shape index (κ2) is 6.55. The van der Waals surface area contributed by atoms with Crippen LogP contribution >= 0.6 is 11.6 Å². The molecular weight excluding hydrogens is 381 g/mol. The molecule has 27 heavy (non-hydrogen) atoms. The van der Waals surface area contributed by atoms with Gasteiger partial charge in [0.1, 0.15) is 11.4 Å². The average molecular weight is 391 g/mol. The largest absolute Gasteiger partial charge is 0.437 e. The van der Waals surface area contributed by atoms with Crippen molar-refractivity contribution in [1.29, 1.82) is 0 Å². The fourth-order valence-corrected chi connectivity index (χ4v) is 2.76. The van der Waals surface area contributed by atoms with E-state index in [0.29, 0.717) is 21.8 Å². The maximum atomic E-state index is 12.6. The van der Waals surface area contributed by atoms with Crippen LogP contribution in [0.25, 0.3) is 16.8 Å². The lowest BCUT2D eigenvalue weighted by Gasteiger charge is -2.12. The molecule has 4 rings (SSSR count). The molecule has 4 aromatic heterocycles. The quantitative estimate of drug-likeness (QED) is 0.479. The smallest absolute Gasteiger partial charge is 0.433 e. The summed E-state index contributed by atoms with van der Waals surface area (Å²) in [5, 5.41) is 4.74. The Morgan fingerprint density at radius 3 is 2.56 bits per heavy atom. The number of ether oxygens (including phenoxy) is 1. The predicted molar refractivity (Wildman–Crippen MR) is 92.7 cm³/mol. The van der Waals surface area contributed by atoms with Crippen LogP contribution in [0, 0.1) is 0 Å². The molecule has 0 saturated heterocycles. The van der Waals surface area contributed by atoms with Gasteiger partial charge in [0.2, 0.25) is 5.88 Å². The number of halogens is 4. The topological polar surface area (TPSA) is 52.3 Å². The van der Waals surface area contributed by atoms with Crippen LogP contribution in [0.1, 0.15) is 5.69 Å². The molecule has 0 N–H and O–H groups in total. The van der Waals surface area contributed by atoms with Gasteiger partial charge in [-0.1, -0.05) is 17.7 Å². The fraction of sp³-hybridized carbons (Fsp3) is 0.0556. The lowest BCUT2D eigenvalue weighted by molar-refractivity contribution is -0.141. The first-order chi connectivity index (χ1) is 12.9. The minimum atomic E-state index is -4.51. The number of nitrogens with zero attached hydrogens (tertiary/aromatic N) is 4. The van der Waals surface area contributed by atoms with Crippen LogP contribution < -0.4 is 4.74 Å². The molecule has 0 aliphatic rings. The van der Waals surface area contributed by atoms with E-state index in [1.165, 1.54) is 18.5 Å². The lowest BCUT2D eigenvalue weighted by atomic mass is 10.1. The molecule has 0 radical (unpaired) electrons. The van der Waals surface area contributed by atoms with E-state index in [0.717, 1.165) is 12.3 Å². The van der Waals surface area contributed by atoms with Gasteiger partial charge in [-0.25, -0.2) is 14.5 Å². The standard InChI is InChI=1S/C18H10ClF3N4O/c19-13-10-25-26-14(4-1-5-15(13)26)12-3-2-8-23-17(12)27-11-6-7-16(24-9-11)18(20,21)22/h1-10H. The highest BCUT2D eigenvalue weighted by molar-refractivity contribution is 6.33. The summed E-state index contributed by atoms with van der Waals surface area (Å²) in [4.78, 5) is 7.58. The number of alkyl halides is 3. The Bertz CT molecular complexity index is 1110. The van der Waals surface area contributed by atoms with Gasteiger partial charge in [-0.3, -0.25) is 0 Å². The summed E-state index contributed by atoms with van der Waals surface area (Å²) in [5.74, 6) is 0.340. The Hall–Kier alpha value is -3.13. The van der Waals surface area contributed by atoms with E-state index in [2.05, 4.69) is 15.1 Å². The summed E-state index contributed by atoms with van der Waals surface area (Å²) in [6, 6.07) is 11.0. The van der Waals surface area contributed by atoms with Gasteiger partial charge in [0.05, 0.1) is 34.2 Å². The molecule has 0 saturated carbocycles. The summed E-state index contributed by atoms with van der Waals surface area (Å²) in [7, 11) is 0. The molecule has 0 fully saturated rings. The lowest BCUT2D eigenvalue weighted by Crippen LogP contribution is -2.07. The first-order valence-electron chi connectivity index (χ1n) is 7.72. The molecule has 0 spiro atoms. The van der Waals surface area contributed by atoms with E-state index < -0.39 is 11.9 Å². The summed E-state index contributed by atoms with van der Waals surface area (Å²) in [6.45, 7) is 0. The van der Waals surface area contributed by atoms with Gasteiger partial charge in [-0.15, -0.1) is 0 Å².